The van der Waals surface area contributed by atoms with Gasteiger partial charge in [0, 0.05) is 22.5 Å². The van der Waals surface area contributed by atoms with Gasteiger partial charge in [0.2, 0.25) is 0 Å². The second kappa shape index (κ2) is 5.32. The van der Waals surface area contributed by atoms with E-state index in [0.717, 1.165) is 18.7 Å². The molecule has 0 unspecified atom stereocenters. The first-order valence-corrected chi connectivity index (χ1v) is 6.40. The Kier molecular flexibility index (Phi) is 3.80. The number of pyridine rings is 1. The Balaban J connectivity index is 1.99. The summed E-state index contributed by atoms with van der Waals surface area (Å²) in [5.74, 6) is 0. The molecule has 84 valence electrons. The first-order valence-electron chi connectivity index (χ1n) is 5.20. The number of halogens is 1. The fourth-order valence-electron chi connectivity index (χ4n) is 1.40. The molecule has 0 aliphatic carbocycles. The second-order valence-corrected chi connectivity index (χ2v) is 5.09. The fourth-order valence-corrected chi connectivity index (χ4v) is 2.47. The first kappa shape index (κ1) is 11.4. The molecule has 0 aliphatic heterocycles. The summed E-state index contributed by atoms with van der Waals surface area (Å²) in [6, 6.07) is 6.11. The predicted molar refractivity (Wildman–Crippen MR) is 70.3 cm³/mol. The molecule has 2 heterocycles. The molecule has 0 saturated heterocycles. The predicted octanol–water partition coefficient (Wildman–Crippen LogP) is 3.97. The van der Waals surface area contributed by atoms with Crippen molar-refractivity contribution in [1.29, 1.82) is 0 Å². The summed E-state index contributed by atoms with van der Waals surface area (Å²) < 4.78 is 0. The number of hydrogen-bond acceptors (Lipinski definition) is 3. The summed E-state index contributed by atoms with van der Waals surface area (Å²) in [7, 11) is 0. The van der Waals surface area contributed by atoms with Crippen LogP contribution in [0.25, 0.3) is 0 Å². The van der Waals surface area contributed by atoms with E-state index >= 15 is 0 Å². The van der Waals surface area contributed by atoms with E-state index < -0.39 is 0 Å². The first-order chi connectivity index (χ1) is 7.79. The third-order valence-corrected chi connectivity index (χ3v) is 3.85. The molecule has 2 aromatic heterocycles. The van der Waals surface area contributed by atoms with Crippen LogP contribution in [-0.2, 0) is 13.0 Å². The fraction of sp³-hybridized carbons (Fsp3) is 0.250. The van der Waals surface area contributed by atoms with Crippen LogP contribution in [0.4, 0.5) is 5.69 Å². The van der Waals surface area contributed by atoms with E-state index in [-0.39, 0.29) is 0 Å². The summed E-state index contributed by atoms with van der Waals surface area (Å²) in [4.78, 5) is 6.76. The van der Waals surface area contributed by atoms with E-state index in [4.69, 9.17) is 11.6 Å². The van der Waals surface area contributed by atoms with Crippen LogP contribution in [0.3, 0.4) is 0 Å². The zero-order valence-electron chi connectivity index (χ0n) is 9.03. The normalized spacial score (nSPS) is 10.4. The van der Waals surface area contributed by atoms with Crippen molar-refractivity contribution in [3.63, 3.8) is 0 Å². The van der Waals surface area contributed by atoms with Crippen molar-refractivity contribution in [2.75, 3.05) is 5.32 Å². The number of anilines is 1. The van der Waals surface area contributed by atoms with Crippen LogP contribution >= 0.6 is 22.9 Å². The number of nitrogens with zero attached hydrogens (tertiary/aromatic N) is 1. The molecular formula is C12H13ClN2S. The molecular weight excluding hydrogens is 240 g/mol. The average molecular weight is 253 g/mol. The van der Waals surface area contributed by atoms with Crippen LogP contribution in [0.5, 0.6) is 0 Å². The summed E-state index contributed by atoms with van der Waals surface area (Å²) >= 11 is 7.86. The molecule has 0 aliphatic rings. The topological polar surface area (TPSA) is 24.9 Å². The van der Waals surface area contributed by atoms with Gasteiger partial charge in [0.15, 0.2) is 0 Å². The minimum absolute atomic E-state index is 0.710. The highest BCUT2D eigenvalue weighted by atomic mass is 35.5. The number of thiophene rings is 1. The van der Waals surface area contributed by atoms with Gasteiger partial charge < -0.3 is 5.32 Å². The quantitative estimate of drug-likeness (QED) is 0.891. The number of nitrogens with one attached hydrogen (secondary N) is 1. The Hall–Kier alpha value is -1.06. The highest BCUT2D eigenvalue weighted by Gasteiger charge is 2.01. The average Bonchev–Trinajstić information content (AvgIpc) is 2.76. The molecule has 0 atom stereocenters. The molecule has 0 spiro atoms. The van der Waals surface area contributed by atoms with Crippen molar-refractivity contribution in [2.24, 2.45) is 0 Å². The van der Waals surface area contributed by atoms with Gasteiger partial charge in [0.1, 0.15) is 0 Å². The summed E-state index contributed by atoms with van der Waals surface area (Å²) in [5.41, 5.74) is 0.885. The van der Waals surface area contributed by atoms with Gasteiger partial charge in [0.25, 0.3) is 0 Å². The molecule has 0 fully saturated rings. The van der Waals surface area contributed by atoms with Crippen LogP contribution in [-0.4, -0.2) is 4.98 Å². The van der Waals surface area contributed by atoms with Crippen LogP contribution in [0.2, 0.25) is 5.02 Å². The summed E-state index contributed by atoms with van der Waals surface area (Å²) in [5, 5.41) is 3.99. The minimum Gasteiger partial charge on any atom is -0.378 e. The zero-order valence-corrected chi connectivity index (χ0v) is 10.6. The number of aromatic nitrogens is 1. The van der Waals surface area contributed by atoms with Gasteiger partial charge in [-0.15, -0.1) is 11.3 Å². The van der Waals surface area contributed by atoms with Crippen LogP contribution in [0.1, 0.15) is 16.7 Å². The number of aryl methyl sites for hydroxylation is 1. The molecule has 2 rings (SSSR count). The molecule has 0 saturated carbocycles. The van der Waals surface area contributed by atoms with Crippen LogP contribution in [0, 0.1) is 0 Å². The van der Waals surface area contributed by atoms with Gasteiger partial charge in [-0.2, -0.15) is 0 Å². The van der Waals surface area contributed by atoms with Gasteiger partial charge in [-0.25, -0.2) is 0 Å². The molecule has 0 bridgehead atoms. The molecule has 0 aromatic carbocycles. The van der Waals surface area contributed by atoms with Gasteiger partial charge in [0.05, 0.1) is 16.9 Å². The SMILES string of the molecule is CCc1ccc(CNc2cnccc2Cl)s1. The highest BCUT2D eigenvalue weighted by Crippen LogP contribution is 2.22. The lowest BCUT2D eigenvalue weighted by atomic mass is 10.3. The maximum Gasteiger partial charge on any atom is 0.0718 e. The maximum absolute atomic E-state index is 6.02. The Morgan fingerprint density at radius 3 is 2.81 bits per heavy atom. The van der Waals surface area contributed by atoms with E-state index in [2.05, 4.69) is 29.4 Å². The lowest BCUT2D eigenvalue weighted by Crippen LogP contribution is -1.98. The third-order valence-electron chi connectivity index (χ3n) is 2.29. The van der Waals surface area contributed by atoms with E-state index in [9.17, 15) is 0 Å². The smallest absolute Gasteiger partial charge is 0.0718 e. The lowest BCUT2D eigenvalue weighted by molar-refractivity contribution is 1.17. The molecule has 2 aromatic rings. The monoisotopic (exact) mass is 252 g/mol. The molecule has 0 radical (unpaired) electrons. The third kappa shape index (κ3) is 2.74. The summed E-state index contributed by atoms with van der Waals surface area (Å²) in [6.45, 7) is 2.97. The van der Waals surface area contributed by atoms with Crippen molar-refractivity contribution >= 4 is 28.6 Å². The molecule has 0 amide bonds. The van der Waals surface area contributed by atoms with Crippen molar-refractivity contribution in [3.05, 3.63) is 45.4 Å². The van der Waals surface area contributed by atoms with Crippen molar-refractivity contribution in [2.45, 2.75) is 19.9 Å². The van der Waals surface area contributed by atoms with E-state index in [1.54, 1.807) is 18.5 Å². The van der Waals surface area contributed by atoms with Crippen molar-refractivity contribution in [1.82, 2.24) is 4.98 Å². The lowest BCUT2D eigenvalue weighted by Gasteiger charge is -2.05. The molecule has 16 heavy (non-hydrogen) atoms. The Labute approximate surface area is 104 Å². The van der Waals surface area contributed by atoms with Crippen molar-refractivity contribution < 1.29 is 0 Å². The highest BCUT2D eigenvalue weighted by molar-refractivity contribution is 7.12. The van der Waals surface area contributed by atoms with Crippen LogP contribution < -0.4 is 5.32 Å². The van der Waals surface area contributed by atoms with Crippen LogP contribution in [0.15, 0.2) is 30.6 Å². The number of hydrogen-bond donors (Lipinski definition) is 1. The van der Waals surface area contributed by atoms with E-state index in [1.807, 2.05) is 11.3 Å². The van der Waals surface area contributed by atoms with Gasteiger partial charge >= 0.3 is 0 Å². The Morgan fingerprint density at radius 2 is 2.12 bits per heavy atom. The Bertz CT molecular complexity index is 468. The second-order valence-electron chi connectivity index (χ2n) is 3.43. The molecule has 2 nitrogen and oxygen atoms in total. The van der Waals surface area contributed by atoms with Crippen molar-refractivity contribution in [3.8, 4) is 0 Å². The summed E-state index contributed by atoms with van der Waals surface area (Å²) in [6.07, 6.45) is 4.53. The minimum atomic E-state index is 0.710. The van der Waals surface area contributed by atoms with Gasteiger partial charge in [-0.3, -0.25) is 4.98 Å². The molecule has 4 heteroatoms. The van der Waals surface area contributed by atoms with Gasteiger partial charge in [-0.05, 0) is 24.6 Å². The standard InChI is InChI=1S/C12H13ClN2S/c1-2-9-3-4-10(16-9)7-15-12-8-14-6-5-11(12)13/h3-6,8,15H,2,7H2,1H3. The van der Waals surface area contributed by atoms with E-state index in [0.29, 0.717) is 5.02 Å². The largest absolute Gasteiger partial charge is 0.378 e. The molecule has 1 N–H and O–H groups in total. The van der Waals surface area contributed by atoms with E-state index in [1.165, 1.54) is 9.75 Å². The zero-order chi connectivity index (χ0) is 11.4. The van der Waals surface area contributed by atoms with Gasteiger partial charge in [-0.1, -0.05) is 18.5 Å². The number of rotatable bonds is 4. The maximum atomic E-state index is 6.02. The Morgan fingerprint density at radius 1 is 1.31 bits per heavy atom.